The van der Waals surface area contributed by atoms with Crippen molar-refractivity contribution in [3.63, 3.8) is 0 Å². The van der Waals surface area contributed by atoms with Crippen LogP contribution in [0.4, 0.5) is 19.0 Å². The lowest BCUT2D eigenvalue weighted by molar-refractivity contribution is -0.137. The second kappa shape index (κ2) is 7.89. The van der Waals surface area contributed by atoms with E-state index in [1.54, 1.807) is 24.7 Å². The van der Waals surface area contributed by atoms with E-state index in [4.69, 9.17) is 0 Å². The van der Waals surface area contributed by atoms with Gasteiger partial charge in [0, 0.05) is 42.3 Å². The van der Waals surface area contributed by atoms with Gasteiger partial charge in [0.2, 0.25) is 0 Å². The Labute approximate surface area is 182 Å². The number of nitrogens with zero attached hydrogens (tertiary/aromatic N) is 4. The molecule has 1 N–H and O–H groups in total. The summed E-state index contributed by atoms with van der Waals surface area (Å²) in [6, 6.07) is 9.57. The molecular formula is C23H20F3N5O. The molecule has 1 aliphatic carbocycles. The molecule has 1 amide bonds. The van der Waals surface area contributed by atoms with Crippen LogP contribution in [-0.4, -0.2) is 44.4 Å². The van der Waals surface area contributed by atoms with Gasteiger partial charge in [-0.1, -0.05) is 18.2 Å². The van der Waals surface area contributed by atoms with Gasteiger partial charge < -0.3 is 10.2 Å². The smallest absolute Gasteiger partial charge is 0.365 e. The number of benzene rings is 1. The van der Waals surface area contributed by atoms with Gasteiger partial charge in [-0.3, -0.25) is 14.8 Å². The first kappa shape index (κ1) is 20.4. The van der Waals surface area contributed by atoms with E-state index in [-0.39, 0.29) is 18.0 Å². The summed E-state index contributed by atoms with van der Waals surface area (Å²) in [4.78, 5) is 27.7. The van der Waals surface area contributed by atoms with Gasteiger partial charge in [-0.2, -0.15) is 13.2 Å². The Kier molecular flexibility index (Phi) is 5.03. The average molecular weight is 439 g/mol. The number of piperidine rings is 1. The lowest BCUT2D eigenvalue weighted by atomic mass is 10.0. The van der Waals surface area contributed by atoms with Crippen molar-refractivity contribution in [2.45, 2.75) is 31.1 Å². The molecule has 2 aromatic heterocycles. The summed E-state index contributed by atoms with van der Waals surface area (Å²) in [5.74, 6) is 0.646. The molecule has 5 rings (SSSR count). The van der Waals surface area contributed by atoms with Crippen LogP contribution in [0.3, 0.4) is 0 Å². The summed E-state index contributed by atoms with van der Waals surface area (Å²) in [6.07, 6.45) is 2.92. The Balaban J connectivity index is 1.35. The second-order valence-electron chi connectivity index (χ2n) is 8.18. The minimum Gasteiger partial charge on any atom is -0.365 e. The van der Waals surface area contributed by atoms with E-state index in [1.165, 1.54) is 6.07 Å². The quantitative estimate of drug-likeness (QED) is 0.657. The maximum absolute atomic E-state index is 13.5. The first-order valence-corrected chi connectivity index (χ1v) is 10.4. The number of fused-ring (bicyclic) bond motifs is 2. The number of alkyl halides is 3. The van der Waals surface area contributed by atoms with Crippen molar-refractivity contribution in [3.05, 3.63) is 72.3 Å². The third kappa shape index (κ3) is 3.79. The van der Waals surface area contributed by atoms with E-state index < -0.39 is 11.7 Å². The first-order chi connectivity index (χ1) is 15.4. The predicted molar refractivity (Wildman–Crippen MR) is 112 cm³/mol. The molecule has 2 fully saturated rings. The fraction of sp³-hybridized carbons (Fsp3) is 0.304. The second-order valence-corrected chi connectivity index (χ2v) is 8.18. The molecule has 1 aromatic carbocycles. The third-order valence-corrected chi connectivity index (χ3v) is 6.16. The van der Waals surface area contributed by atoms with Gasteiger partial charge >= 0.3 is 6.18 Å². The van der Waals surface area contributed by atoms with Crippen LogP contribution in [0.1, 0.15) is 28.8 Å². The number of nitrogens with one attached hydrogen (secondary N) is 1. The molecule has 9 heteroatoms. The summed E-state index contributed by atoms with van der Waals surface area (Å²) in [7, 11) is 0. The number of aromatic nitrogens is 3. The molecule has 1 saturated carbocycles. The summed E-state index contributed by atoms with van der Waals surface area (Å²) in [5.41, 5.74) is 1.13. The third-order valence-electron chi connectivity index (χ3n) is 6.16. The molecule has 3 heterocycles. The molecule has 0 unspecified atom stereocenters. The zero-order valence-electron chi connectivity index (χ0n) is 17.0. The highest BCUT2D eigenvalue weighted by atomic mass is 19.4. The number of hydrogen-bond acceptors (Lipinski definition) is 5. The highest BCUT2D eigenvalue weighted by Gasteiger charge is 2.47. The van der Waals surface area contributed by atoms with E-state index in [1.807, 2.05) is 23.1 Å². The van der Waals surface area contributed by atoms with Gasteiger partial charge in [-0.05, 0) is 37.0 Å². The molecule has 3 atom stereocenters. The average Bonchev–Trinajstić information content (AvgIpc) is 3.40. The zero-order chi connectivity index (χ0) is 22.3. The van der Waals surface area contributed by atoms with Crippen molar-refractivity contribution in [1.82, 2.24) is 19.9 Å². The van der Waals surface area contributed by atoms with Crippen molar-refractivity contribution in [2.75, 3.05) is 11.9 Å². The molecule has 0 radical (unpaired) electrons. The highest BCUT2D eigenvalue weighted by molar-refractivity contribution is 6.00. The van der Waals surface area contributed by atoms with Crippen LogP contribution in [0.2, 0.25) is 0 Å². The largest absolute Gasteiger partial charge is 0.417 e. The van der Waals surface area contributed by atoms with Gasteiger partial charge in [-0.25, -0.2) is 4.98 Å². The van der Waals surface area contributed by atoms with Gasteiger partial charge in [0.1, 0.15) is 5.82 Å². The standard InChI is InChI=1S/C23H20F3N5O/c24-23(25,26)15-5-6-21(29-11-15)30-18-9-14-10-20(18)31(13-14)22(32)17-4-2-1-3-16(17)19-12-27-7-8-28-19/h1-8,11-12,14,18,20H,9-10,13H2,(H,29,30)/t14-,18+,20-/m0/s1. The van der Waals surface area contributed by atoms with Crippen molar-refractivity contribution in [2.24, 2.45) is 5.92 Å². The van der Waals surface area contributed by atoms with E-state index in [0.29, 0.717) is 29.5 Å². The summed E-state index contributed by atoms with van der Waals surface area (Å²) < 4.78 is 38.4. The number of hydrogen-bond donors (Lipinski definition) is 1. The fourth-order valence-corrected chi connectivity index (χ4v) is 4.74. The first-order valence-electron chi connectivity index (χ1n) is 10.4. The molecule has 1 aliphatic heterocycles. The van der Waals surface area contributed by atoms with Crippen LogP contribution in [0.5, 0.6) is 0 Å². The number of anilines is 1. The number of carbonyl (C=O) groups is 1. The number of rotatable bonds is 4. The molecular weight excluding hydrogens is 419 g/mol. The van der Waals surface area contributed by atoms with Crippen LogP contribution < -0.4 is 5.32 Å². The van der Waals surface area contributed by atoms with E-state index in [9.17, 15) is 18.0 Å². The molecule has 1 saturated heterocycles. The molecule has 32 heavy (non-hydrogen) atoms. The topological polar surface area (TPSA) is 71.0 Å². The molecule has 164 valence electrons. The number of likely N-dealkylation sites (tertiary alicyclic amines) is 1. The van der Waals surface area contributed by atoms with Crippen molar-refractivity contribution < 1.29 is 18.0 Å². The normalized spacial score (nSPS) is 22.2. The monoisotopic (exact) mass is 439 g/mol. The highest BCUT2D eigenvalue weighted by Crippen LogP contribution is 2.40. The van der Waals surface area contributed by atoms with E-state index in [0.717, 1.165) is 30.7 Å². The van der Waals surface area contributed by atoms with Crippen molar-refractivity contribution in [1.29, 1.82) is 0 Å². The van der Waals surface area contributed by atoms with Crippen molar-refractivity contribution >= 4 is 11.7 Å². The minimum absolute atomic E-state index is 0.0495. The number of pyridine rings is 1. The molecule has 6 nitrogen and oxygen atoms in total. The Morgan fingerprint density at radius 3 is 2.56 bits per heavy atom. The number of amides is 1. The SMILES string of the molecule is O=C(c1ccccc1-c1cnccn1)N1C[C@H]2C[C@@H](Nc3ccc(C(F)(F)F)cn3)[C@@H]1C2. The maximum atomic E-state index is 13.5. The summed E-state index contributed by atoms with van der Waals surface area (Å²) in [6.45, 7) is 0.664. The maximum Gasteiger partial charge on any atom is 0.417 e. The molecule has 0 spiro atoms. The zero-order valence-corrected chi connectivity index (χ0v) is 17.0. The Morgan fingerprint density at radius 1 is 1.03 bits per heavy atom. The van der Waals surface area contributed by atoms with Gasteiger partial charge in [-0.15, -0.1) is 0 Å². The summed E-state index contributed by atoms with van der Waals surface area (Å²) in [5, 5.41) is 3.24. The minimum atomic E-state index is -4.42. The van der Waals surface area contributed by atoms with Crippen molar-refractivity contribution in [3.8, 4) is 11.3 Å². The van der Waals surface area contributed by atoms with Gasteiger partial charge in [0.15, 0.2) is 0 Å². The summed E-state index contributed by atoms with van der Waals surface area (Å²) >= 11 is 0. The number of carbonyl (C=O) groups excluding carboxylic acids is 1. The van der Waals surface area contributed by atoms with Crippen LogP contribution in [0, 0.1) is 5.92 Å². The predicted octanol–water partition coefficient (Wildman–Crippen LogP) is 4.27. The molecule has 2 aliphatic rings. The Morgan fingerprint density at radius 2 is 1.88 bits per heavy atom. The Hall–Kier alpha value is -3.49. The lowest BCUT2D eigenvalue weighted by Gasteiger charge is -2.34. The van der Waals surface area contributed by atoms with Gasteiger partial charge in [0.25, 0.3) is 5.91 Å². The van der Waals surface area contributed by atoms with Gasteiger partial charge in [0.05, 0.1) is 23.5 Å². The molecule has 3 aromatic rings. The van der Waals surface area contributed by atoms with Crippen LogP contribution in [0.15, 0.2) is 61.2 Å². The van der Waals surface area contributed by atoms with Crippen LogP contribution >= 0.6 is 0 Å². The fourth-order valence-electron chi connectivity index (χ4n) is 4.74. The molecule has 2 bridgehead atoms. The van der Waals surface area contributed by atoms with Crippen LogP contribution in [-0.2, 0) is 6.18 Å². The Bertz CT molecular complexity index is 1120. The lowest BCUT2D eigenvalue weighted by Crippen LogP contribution is -2.47. The van der Waals surface area contributed by atoms with E-state index >= 15 is 0 Å². The number of halogens is 3. The van der Waals surface area contributed by atoms with Crippen LogP contribution in [0.25, 0.3) is 11.3 Å². The van der Waals surface area contributed by atoms with E-state index in [2.05, 4.69) is 20.3 Å².